The molecule has 1 saturated heterocycles. The normalized spacial score (nSPS) is 17.2. The Morgan fingerprint density at radius 3 is 2.53 bits per heavy atom. The minimum Gasteiger partial charge on any atom is -0.497 e. The molecule has 0 bridgehead atoms. The van der Waals surface area contributed by atoms with Gasteiger partial charge in [-0.1, -0.05) is 6.08 Å². The molecule has 1 aliphatic heterocycles. The number of methoxy groups -OCH3 is 1. The van der Waals surface area contributed by atoms with Crippen molar-refractivity contribution < 1.29 is 4.74 Å². The molecule has 0 aromatic rings. The van der Waals surface area contributed by atoms with E-state index in [2.05, 4.69) is 28.6 Å². The molecule has 0 spiro atoms. The molecule has 0 amide bonds. The van der Waals surface area contributed by atoms with Crippen molar-refractivity contribution in [3.05, 3.63) is 24.0 Å². The van der Waals surface area contributed by atoms with Gasteiger partial charge in [0.05, 0.1) is 7.11 Å². The van der Waals surface area contributed by atoms with Crippen LogP contribution in [0.3, 0.4) is 0 Å². The zero-order valence-electron chi connectivity index (χ0n) is 11.2. The van der Waals surface area contributed by atoms with Gasteiger partial charge in [0.2, 0.25) is 0 Å². The van der Waals surface area contributed by atoms with E-state index in [0.29, 0.717) is 0 Å². The topological polar surface area (TPSA) is 24.5 Å². The molecule has 3 heteroatoms. The van der Waals surface area contributed by atoms with Gasteiger partial charge in [-0.3, -0.25) is 4.90 Å². The molecular formula is C14H24N2O. The van der Waals surface area contributed by atoms with Crippen LogP contribution in [0.25, 0.3) is 0 Å². The van der Waals surface area contributed by atoms with Crippen LogP contribution in [0.2, 0.25) is 0 Å². The summed E-state index contributed by atoms with van der Waals surface area (Å²) in [6, 6.07) is 0. The van der Waals surface area contributed by atoms with Crippen molar-refractivity contribution in [1.29, 1.82) is 0 Å². The maximum Gasteiger partial charge on any atom is 0.115 e. The quantitative estimate of drug-likeness (QED) is 0.456. The number of rotatable bonds is 4. The Hall–Kier alpha value is -1.24. The van der Waals surface area contributed by atoms with Gasteiger partial charge in [0.15, 0.2) is 0 Å². The van der Waals surface area contributed by atoms with E-state index in [0.717, 1.165) is 38.5 Å². The molecule has 96 valence electrons. The summed E-state index contributed by atoms with van der Waals surface area (Å²) in [7, 11) is 1.71. The number of nitrogens with one attached hydrogen (secondary N) is 1. The van der Waals surface area contributed by atoms with E-state index in [4.69, 9.17) is 4.74 Å². The third kappa shape index (κ3) is 8.56. The standard InChI is InChI=1S/C11H20N2O.C3H4/c1-3-4-11(14-2)5-8-13-9-6-12-7-10-13;1-3-2/h3-5,12H,6-10H2,1-2H3;1H,2H3/b4-3-,11-5+;. The summed E-state index contributed by atoms with van der Waals surface area (Å²) in [5, 5.41) is 3.33. The minimum absolute atomic E-state index is 0.950. The van der Waals surface area contributed by atoms with E-state index in [1.807, 2.05) is 19.1 Å². The zero-order valence-corrected chi connectivity index (χ0v) is 11.2. The highest BCUT2D eigenvalue weighted by molar-refractivity contribution is 5.11. The molecule has 0 radical (unpaired) electrons. The maximum atomic E-state index is 5.21. The molecule has 1 aliphatic rings. The summed E-state index contributed by atoms with van der Waals surface area (Å²) in [6.45, 7) is 9.08. The average molecular weight is 236 g/mol. The Kier molecular flexibility index (Phi) is 10.4. The smallest absolute Gasteiger partial charge is 0.115 e. The summed E-state index contributed by atoms with van der Waals surface area (Å²) < 4.78 is 5.21. The Bertz CT molecular complexity index is 270. The number of ether oxygens (including phenoxy) is 1. The first-order chi connectivity index (χ1) is 8.28. The lowest BCUT2D eigenvalue weighted by Crippen LogP contribution is -2.43. The Balaban J connectivity index is 0.000000770. The molecule has 0 unspecified atom stereocenters. The van der Waals surface area contributed by atoms with E-state index >= 15 is 0 Å². The van der Waals surface area contributed by atoms with Gasteiger partial charge in [0, 0.05) is 32.7 Å². The molecular weight excluding hydrogens is 212 g/mol. The van der Waals surface area contributed by atoms with Crippen LogP contribution in [0.15, 0.2) is 24.0 Å². The average Bonchev–Trinajstić information content (AvgIpc) is 2.37. The van der Waals surface area contributed by atoms with Crippen molar-refractivity contribution in [2.24, 2.45) is 0 Å². The van der Waals surface area contributed by atoms with Gasteiger partial charge in [-0.2, -0.15) is 0 Å². The van der Waals surface area contributed by atoms with Gasteiger partial charge < -0.3 is 10.1 Å². The predicted molar refractivity (Wildman–Crippen MR) is 73.7 cm³/mol. The Labute approximate surface area is 106 Å². The first-order valence-electron chi connectivity index (χ1n) is 5.95. The zero-order chi connectivity index (χ0) is 12.9. The molecule has 0 aromatic heterocycles. The van der Waals surface area contributed by atoms with Crippen molar-refractivity contribution in [3.8, 4) is 12.3 Å². The number of terminal acetylenes is 1. The van der Waals surface area contributed by atoms with Crippen LogP contribution in [0.1, 0.15) is 13.8 Å². The van der Waals surface area contributed by atoms with Crippen molar-refractivity contribution in [2.45, 2.75) is 13.8 Å². The fraction of sp³-hybridized carbons (Fsp3) is 0.571. The lowest BCUT2D eigenvalue weighted by molar-refractivity contribution is 0.256. The highest BCUT2D eigenvalue weighted by atomic mass is 16.5. The molecule has 0 saturated carbocycles. The van der Waals surface area contributed by atoms with Gasteiger partial charge in [0.25, 0.3) is 0 Å². The Morgan fingerprint density at radius 1 is 1.47 bits per heavy atom. The first-order valence-corrected chi connectivity index (χ1v) is 5.95. The number of hydrogen-bond donors (Lipinski definition) is 1. The fourth-order valence-electron chi connectivity index (χ4n) is 1.50. The molecule has 0 aromatic carbocycles. The monoisotopic (exact) mass is 236 g/mol. The predicted octanol–water partition coefficient (Wildman–Crippen LogP) is 1.64. The van der Waals surface area contributed by atoms with E-state index < -0.39 is 0 Å². The van der Waals surface area contributed by atoms with Crippen LogP contribution < -0.4 is 5.32 Å². The van der Waals surface area contributed by atoms with Crippen molar-refractivity contribution in [3.63, 3.8) is 0 Å². The molecule has 1 heterocycles. The highest BCUT2D eigenvalue weighted by Crippen LogP contribution is 2.00. The van der Waals surface area contributed by atoms with E-state index in [1.165, 1.54) is 0 Å². The van der Waals surface area contributed by atoms with Crippen LogP contribution in [0.4, 0.5) is 0 Å². The number of nitrogens with zero attached hydrogens (tertiary/aromatic N) is 1. The van der Waals surface area contributed by atoms with Gasteiger partial charge in [-0.25, -0.2) is 0 Å². The summed E-state index contributed by atoms with van der Waals surface area (Å²) in [5.41, 5.74) is 0. The largest absolute Gasteiger partial charge is 0.497 e. The third-order valence-electron chi connectivity index (χ3n) is 2.33. The summed E-state index contributed by atoms with van der Waals surface area (Å²) in [4.78, 5) is 2.42. The highest BCUT2D eigenvalue weighted by Gasteiger charge is 2.07. The molecule has 3 nitrogen and oxygen atoms in total. The minimum atomic E-state index is 0.950. The third-order valence-corrected chi connectivity index (χ3v) is 2.33. The molecule has 1 rings (SSSR count). The van der Waals surface area contributed by atoms with E-state index in [-0.39, 0.29) is 0 Å². The summed E-state index contributed by atoms with van der Waals surface area (Å²) >= 11 is 0. The number of hydrogen-bond acceptors (Lipinski definition) is 3. The number of allylic oxidation sites excluding steroid dienone is 2. The lowest BCUT2D eigenvalue weighted by Gasteiger charge is -2.25. The molecule has 1 fully saturated rings. The van der Waals surface area contributed by atoms with Crippen molar-refractivity contribution in [2.75, 3.05) is 39.8 Å². The van der Waals surface area contributed by atoms with E-state index in [9.17, 15) is 0 Å². The lowest BCUT2D eigenvalue weighted by atomic mass is 10.3. The van der Waals surface area contributed by atoms with Crippen molar-refractivity contribution in [1.82, 2.24) is 10.2 Å². The van der Waals surface area contributed by atoms with Gasteiger partial charge in [0.1, 0.15) is 5.76 Å². The molecule has 0 aliphatic carbocycles. The van der Waals surface area contributed by atoms with E-state index in [1.54, 1.807) is 14.0 Å². The summed E-state index contributed by atoms with van der Waals surface area (Å²) in [6.07, 6.45) is 10.7. The van der Waals surface area contributed by atoms with Gasteiger partial charge in [-0.15, -0.1) is 12.3 Å². The van der Waals surface area contributed by atoms with Crippen LogP contribution >= 0.6 is 0 Å². The number of piperazine rings is 1. The molecule has 0 atom stereocenters. The fourth-order valence-corrected chi connectivity index (χ4v) is 1.50. The first kappa shape index (κ1) is 15.8. The maximum absolute atomic E-state index is 5.21. The Morgan fingerprint density at radius 2 is 2.06 bits per heavy atom. The summed E-state index contributed by atoms with van der Waals surface area (Å²) in [5.74, 6) is 3.20. The van der Waals surface area contributed by atoms with Crippen LogP contribution in [0, 0.1) is 12.3 Å². The van der Waals surface area contributed by atoms with Crippen LogP contribution in [-0.4, -0.2) is 44.7 Å². The second-order valence-electron chi connectivity index (χ2n) is 3.65. The second kappa shape index (κ2) is 11.3. The van der Waals surface area contributed by atoms with Crippen LogP contribution in [0.5, 0.6) is 0 Å². The van der Waals surface area contributed by atoms with Crippen molar-refractivity contribution >= 4 is 0 Å². The van der Waals surface area contributed by atoms with Crippen LogP contribution in [-0.2, 0) is 4.74 Å². The SMILES string of the molecule is C#CC.C/C=C\C(=C/CN1CCNCC1)OC. The molecule has 1 N–H and O–H groups in total. The molecule has 17 heavy (non-hydrogen) atoms. The van der Waals surface area contributed by atoms with Gasteiger partial charge in [-0.05, 0) is 26.0 Å². The van der Waals surface area contributed by atoms with Gasteiger partial charge >= 0.3 is 0 Å². The second-order valence-corrected chi connectivity index (χ2v) is 3.65.